The van der Waals surface area contributed by atoms with Gasteiger partial charge in [0.1, 0.15) is 19.0 Å². The van der Waals surface area contributed by atoms with Gasteiger partial charge in [-0.2, -0.15) is 14.5 Å². The Hall–Kier alpha value is -3.28. The molecule has 156 valence electrons. The van der Waals surface area contributed by atoms with Crippen LogP contribution in [0.2, 0.25) is 0 Å². The Morgan fingerprint density at radius 2 is 1.79 bits per heavy atom. The minimum Gasteiger partial charge on any atom is -0.490 e. The fourth-order valence-electron chi connectivity index (χ4n) is 3.27. The second-order valence-electron chi connectivity index (χ2n) is 6.52. The normalized spacial score (nSPS) is 23.7. The highest BCUT2D eigenvalue weighted by molar-refractivity contribution is 5.72. The predicted molar refractivity (Wildman–Crippen MR) is 92.0 cm³/mol. The highest BCUT2D eigenvalue weighted by Gasteiger charge is 2.53. The summed E-state index contributed by atoms with van der Waals surface area (Å²) in [5.74, 6) is -2.02. The number of imidazole rings is 1. The quantitative estimate of drug-likeness (QED) is 0.382. The van der Waals surface area contributed by atoms with E-state index >= 15 is 0 Å². The molecule has 12 heteroatoms. The minimum atomic E-state index is -1.05. The molecular formula is C17H21N4O8+. The molecule has 4 atom stereocenters. The van der Waals surface area contributed by atoms with Crippen molar-refractivity contribution in [3.8, 4) is 5.88 Å². The molecule has 3 rings (SSSR count). The van der Waals surface area contributed by atoms with Crippen LogP contribution in [0.1, 0.15) is 27.0 Å². The molecule has 12 nitrogen and oxygen atoms in total. The number of carbonyl (C=O) groups excluding carboxylic acids is 3. The maximum Gasteiger partial charge on any atom is 0.303 e. The number of rotatable bonds is 5. The first-order valence-corrected chi connectivity index (χ1v) is 8.72. The van der Waals surface area contributed by atoms with Crippen LogP contribution in [0.4, 0.5) is 0 Å². The van der Waals surface area contributed by atoms with Crippen LogP contribution in [0.25, 0.3) is 11.2 Å². The van der Waals surface area contributed by atoms with Gasteiger partial charge in [-0.1, -0.05) is 0 Å². The molecule has 1 aliphatic rings. The standard InChI is InChI=1S/C17H20N4O8/c1-8(22)26-5-11-13(27-9(2)23)14(28-10(3)24)17(29-11)21-7-20(4)12-15(21)18-6-19-16(12)25/h6-7,11,13-14,17H,5H2,1-4H3/p+1/t11-,13-,14-,17-/m1/s1. The number of esters is 3. The van der Waals surface area contributed by atoms with E-state index in [1.807, 2.05) is 0 Å². The maximum atomic E-state index is 11.7. The molecule has 1 saturated heterocycles. The van der Waals surface area contributed by atoms with Crippen LogP contribution < -0.4 is 4.57 Å². The smallest absolute Gasteiger partial charge is 0.303 e. The van der Waals surface area contributed by atoms with Crippen molar-refractivity contribution in [2.24, 2.45) is 7.05 Å². The van der Waals surface area contributed by atoms with Gasteiger partial charge in [0.25, 0.3) is 17.0 Å². The van der Waals surface area contributed by atoms with Crippen molar-refractivity contribution in [2.45, 2.75) is 45.3 Å². The molecule has 0 bridgehead atoms. The summed E-state index contributed by atoms with van der Waals surface area (Å²) in [5.41, 5.74) is 0.627. The van der Waals surface area contributed by atoms with Crippen LogP contribution in [0.5, 0.6) is 5.88 Å². The second kappa shape index (κ2) is 7.99. The second-order valence-corrected chi connectivity index (χ2v) is 6.52. The third-order valence-electron chi connectivity index (χ3n) is 4.29. The van der Waals surface area contributed by atoms with Crippen LogP contribution in [0.3, 0.4) is 0 Å². The fraction of sp³-hybridized carbons (Fsp3) is 0.529. The first kappa shape index (κ1) is 20.5. The molecular weight excluding hydrogens is 388 g/mol. The monoisotopic (exact) mass is 409 g/mol. The summed E-state index contributed by atoms with van der Waals surface area (Å²) < 4.78 is 24.8. The van der Waals surface area contributed by atoms with Crippen LogP contribution in [0.15, 0.2) is 12.7 Å². The number of carbonyl (C=O) groups is 3. The number of ether oxygens (including phenoxy) is 4. The summed E-state index contributed by atoms with van der Waals surface area (Å²) >= 11 is 0. The summed E-state index contributed by atoms with van der Waals surface area (Å²) in [6.45, 7) is 3.43. The average molecular weight is 409 g/mol. The molecule has 0 amide bonds. The Balaban J connectivity index is 2.05. The van der Waals surface area contributed by atoms with E-state index in [0.29, 0.717) is 11.2 Å². The zero-order valence-corrected chi connectivity index (χ0v) is 16.3. The van der Waals surface area contributed by atoms with Crippen molar-refractivity contribution in [3.63, 3.8) is 0 Å². The Labute approximate surface area is 165 Å². The summed E-state index contributed by atoms with van der Waals surface area (Å²) in [6.07, 6.45) is -1.20. The molecule has 2 aromatic heterocycles. The molecule has 1 fully saturated rings. The number of nitrogens with zero attached hydrogens (tertiary/aromatic N) is 4. The highest BCUT2D eigenvalue weighted by Crippen LogP contribution is 2.36. The van der Waals surface area contributed by atoms with Gasteiger partial charge in [0.2, 0.25) is 18.7 Å². The molecule has 0 aromatic carbocycles. The first-order valence-electron chi connectivity index (χ1n) is 8.72. The van der Waals surface area contributed by atoms with Crippen molar-refractivity contribution >= 4 is 29.1 Å². The summed E-state index contributed by atoms with van der Waals surface area (Å²) in [7, 11) is 1.66. The zero-order valence-electron chi connectivity index (χ0n) is 16.3. The Kier molecular flexibility index (Phi) is 5.64. The van der Waals surface area contributed by atoms with Gasteiger partial charge in [0.15, 0.2) is 6.10 Å². The van der Waals surface area contributed by atoms with Crippen LogP contribution in [-0.2, 0) is 40.4 Å². The van der Waals surface area contributed by atoms with E-state index in [1.165, 1.54) is 31.7 Å². The number of hydrogen-bond acceptors (Lipinski definition) is 10. The van der Waals surface area contributed by atoms with Gasteiger partial charge in [-0.05, 0) is 0 Å². The zero-order chi connectivity index (χ0) is 21.3. The lowest BCUT2D eigenvalue weighted by Crippen LogP contribution is -2.40. The Morgan fingerprint density at radius 1 is 1.14 bits per heavy atom. The van der Waals surface area contributed by atoms with E-state index in [2.05, 4.69) is 9.97 Å². The highest BCUT2D eigenvalue weighted by atomic mass is 16.7. The van der Waals surface area contributed by atoms with E-state index in [0.717, 1.165) is 0 Å². The lowest BCUT2D eigenvalue weighted by atomic mass is 10.1. The number of fused-ring (bicyclic) bond motifs is 1. The topological polar surface area (TPSA) is 143 Å². The Bertz CT molecular complexity index is 958. The molecule has 0 unspecified atom stereocenters. The van der Waals surface area contributed by atoms with Gasteiger partial charge in [-0.25, -0.2) is 4.57 Å². The maximum absolute atomic E-state index is 11.7. The Morgan fingerprint density at radius 3 is 2.41 bits per heavy atom. The number of aromatic hydroxyl groups is 1. The molecule has 1 aliphatic heterocycles. The molecule has 0 spiro atoms. The van der Waals surface area contributed by atoms with E-state index in [1.54, 1.807) is 17.9 Å². The van der Waals surface area contributed by atoms with Gasteiger partial charge in [-0.15, -0.1) is 0 Å². The molecule has 0 aliphatic carbocycles. The molecule has 3 heterocycles. The van der Waals surface area contributed by atoms with Crippen LogP contribution in [0, 0.1) is 0 Å². The van der Waals surface area contributed by atoms with E-state index in [-0.39, 0.29) is 12.5 Å². The number of aromatic nitrogens is 4. The van der Waals surface area contributed by atoms with Crippen molar-refractivity contribution in [2.75, 3.05) is 6.61 Å². The van der Waals surface area contributed by atoms with Gasteiger partial charge in [0, 0.05) is 20.8 Å². The third-order valence-corrected chi connectivity index (χ3v) is 4.29. The SMILES string of the molecule is CC(=O)OC[C@H]1O[C@@H](n2c[n+](C)c3c(O)ncnc32)[C@H](OC(C)=O)[C@@H]1OC(C)=O. The van der Waals surface area contributed by atoms with Gasteiger partial charge >= 0.3 is 17.9 Å². The number of aryl methyl sites for hydroxylation is 1. The summed E-state index contributed by atoms with van der Waals surface area (Å²) in [6, 6.07) is 0. The molecule has 0 radical (unpaired) electrons. The predicted octanol–water partition coefficient (Wildman–Crippen LogP) is -0.715. The van der Waals surface area contributed by atoms with Gasteiger partial charge in [-0.3, -0.25) is 14.4 Å². The van der Waals surface area contributed by atoms with Crippen molar-refractivity contribution in [1.82, 2.24) is 14.5 Å². The first-order chi connectivity index (χ1) is 13.7. The third kappa shape index (κ3) is 4.11. The van der Waals surface area contributed by atoms with E-state index < -0.39 is 42.4 Å². The average Bonchev–Trinajstić information content (AvgIpc) is 3.11. The van der Waals surface area contributed by atoms with Crippen LogP contribution in [-0.4, -0.2) is 62.5 Å². The molecule has 2 aromatic rings. The molecule has 29 heavy (non-hydrogen) atoms. The van der Waals surface area contributed by atoms with Crippen LogP contribution >= 0.6 is 0 Å². The molecule has 0 saturated carbocycles. The van der Waals surface area contributed by atoms with Crippen molar-refractivity contribution < 1.29 is 43.0 Å². The number of hydrogen-bond donors (Lipinski definition) is 1. The summed E-state index contributed by atoms with van der Waals surface area (Å²) in [4.78, 5) is 42.5. The van der Waals surface area contributed by atoms with Crippen molar-refractivity contribution in [1.29, 1.82) is 0 Å². The van der Waals surface area contributed by atoms with Gasteiger partial charge < -0.3 is 24.1 Å². The van der Waals surface area contributed by atoms with Crippen molar-refractivity contribution in [3.05, 3.63) is 12.7 Å². The van der Waals surface area contributed by atoms with E-state index in [9.17, 15) is 19.5 Å². The molecule has 1 N–H and O–H groups in total. The fourth-order valence-corrected chi connectivity index (χ4v) is 3.27. The lowest BCUT2D eigenvalue weighted by Gasteiger charge is -2.22. The van der Waals surface area contributed by atoms with Gasteiger partial charge in [0.05, 0.1) is 7.05 Å². The van der Waals surface area contributed by atoms with E-state index in [4.69, 9.17) is 18.9 Å². The summed E-state index contributed by atoms with van der Waals surface area (Å²) in [5, 5.41) is 10.0. The largest absolute Gasteiger partial charge is 0.490 e. The lowest BCUT2D eigenvalue weighted by molar-refractivity contribution is -0.646. The minimum absolute atomic E-state index is 0.215.